The van der Waals surface area contributed by atoms with Crippen LogP contribution in [0.5, 0.6) is 0 Å². The average Bonchev–Trinajstić information content (AvgIpc) is 3.13. The predicted octanol–water partition coefficient (Wildman–Crippen LogP) is 3.08. The van der Waals surface area contributed by atoms with E-state index < -0.39 is 11.4 Å². The predicted molar refractivity (Wildman–Crippen MR) is 91.9 cm³/mol. The van der Waals surface area contributed by atoms with Crippen LogP contribution in [-0.4, -0.2) is 41.6 Å². The SMILES string of the molecule is CC(CCNC(=O)N1C[C@@H]2CCC[C@@]2(C(=O)O)C1)c1ccccc1. The van der Waals surface area contributed by atoms with Crippen LogP contribution in [0, 0.1) is 11.3 Å². The maximum Gasteiger partial charge on any atom is 0.317 e. The first-order chi connectivity index (χ1) is 11.5. The van der Waals surface area contributed by atoms with E-state index in [1.165, 1.54) is 5.56 Å². The van der Waals surface area contributed by atoms with Crippen LogP contribution in [0.25, 0.3) is 0 Å². The van der Waals surface area contributed by atoms with Crippen molar-refractivity contribution in [3.63, 3.8) is 0 Å². The summed E-state index contributed by atoms with van der Waals surface area (Å²) in [5.41, 5.74) is 0.571. The molecule has 1 heterocycles. The summed E-state index contributed by atoms with van der Waals surface area (Å²) in [5, 5.41) is 12.6. The van der Waals surface area contributed by atoms with Crippen molar-refractivity contribution < 1.29 is 14.7 Å². The number of hydrogen-bond donors (Lipinski definition) is 2. The molecule has 2 amide bonds. The summed E-state index contributed by atoms with van der Waals surface area (Å²) in [4.78, 5) is 25.8. The molecule has 1 saturated carbocycles. The number of nitrogens with one attached hydrogen (secondary N) is 1. The summed E-state index contributed by atoms with van der Waals surface area (Å²) >= 11 is 0. The van der Waals surface area contributed by atoms with Crippen molar-refractivity contribution in [2.75, 3.05) is 19.6 Å². The highest BCUT2D eigenvalue weighted by Crippen LogP contribution is 2.48. The molecular weight excluding hydrogens is 304 g/mol. The van der Waals surface area contributed by atoms with Gasteiger partial charge >= 0.3 is 12.0 Å². The molecule has 1 aliphatic carbocycles. The zero-order valence-corrected chi connectivity index (χ0v) is 14.2. The van der Waals surface area contributed by atoms with Gasteiger partial charge in [-0.25, -0.2) is 4.79 Å². The third kappa shape index (κ3) is 3.12. The molecule has 3 rings (SSSR count). The molecule has 0 bridgehead atoms. The van der Waals surface area contributed by atoms with Crippen molar-refractivity contribution in [3.05, 3.63) is 35.9 Å². The molecule has 1 aromatic carbocycles. The van der Waals surface area contributed by atoms with Gasteiger partial charge in [0.25, 0.3) is 0 Å². The van der Waals surface area contributed by atoms with E-state index in [1.54, 1.807) is 4.90 Å². The van der Waals surface area contributed by atoms with Crippen LogP contribution < -0.4 is 5.32 Å². The van der Waals surface area contributed by atoms with Gasteiger partial charge in [-0.05, 0) is 36.7 Å². The molecule has 2 fully saturated rings. The van der Waals surface area contributed by atoms with E-state index in [9.17, 15) is 14.7 Å². The largest absolute Gasteiger partial charge is 0.481 e. The Morgan fingerprint density at radius 2 is 2.12 bits per heavy atom. The summed E-state index contributed by atoms with van der Waals surface area (Å²) in [6, 6.07) is 10.1. The van der Waals surface area contributed by atoms with Crippen molar-refractivity contribution in [2.24, 2.45) is 11.3 Å². The highest BCUT2D eigenvalue weighted by Gasteiger charge is 2.55. The number of hydrogen-bond acceptors (Lipinski definition) is 2. The Bertz CT molecular complexity index is 604. The molecule has 0 aromatic heterocycles. The molecular formula is C19H26N2O3. The minimum atomic E-state index is -0.738. The molecule has 5 heteroatoms. The molecule has 130 valence electrons. The van der Waals surface area contributed by atoms with Gasteiger partial charge in [-0.2, -0.15) is 0 Å². The number of fused-ring (bicyclic) bond motifs is 1. The standard InChI is InChI=1S/C19H26N2O3/c1-14(15-6-3-2-4-7-15)9-11-20-18(24)21-12-16-8-5-10-19(16,13-21)17(22)23/h2-4,6-7,14,16H,5,8-13H2,1H3,(H,20,24)(H,22,23)/t14?,16-,19+/m0/s1. The van der Waals surface area contributed by atoms with Crippen LogP contribution >= 0.6 is 0 Å². The van der Waals surface area contributed by atoms with Crippen molar-refractivity contribution in [1.82, 2.24) is 10.2 Å². The Hall–Kier alpha value is -2.04. The summed E-state index contributed by atoms with van der Waals surface area (Å²) < 4.78 is 0. The molecule has 1 unspecified atom stereocenters. The minimum Gasteiger partial charge on any atom is -0.481 e. The van der Waals surface area contributed by atoms with Gasteiger partial charge in [0.2, 0.25) is 0 Å². The van der Waals surface area contributed by atoms with Gasteiger partial charge in [0.15, 0.2) is 0 Å². The van der Waals surface area contributed by atoms with E-state index >= 15 is 0 Å². The second-order valence-electron chi connectivity index (χ2n) is 7.26. The normalized spacial score (nSPS) is 26.9. The number of nitrogens with zero attached hydrogens (tertiary/aromatic N) is 1. The van der Waals surface area contributed by atoms with Crippen molar-refractivity contribution >= 4 is 12.0 Å². The lowest BCUT2D eigenvalue weighted by atomic mass is 9.81. The highest BCUT2D eigenvalue weighted by atomic mass is 16.4. The lowest BCUT2D eigenvalue weighted by molar-refractivity contribution is -0.149. The van der Waals surface area contributed by atoms with Gasteiger partial charge in [-0.3, -0.25) is 4.79 Å². The lowest BCUT2D eigenvalue weighted by Crippen LogP contribution is -2.42. The second kappa shape index (κ2) is 6.83. The summed E-state index contributed by atoms with van der Waals surface area (Å²) in [6.07, 6.45) is 3.45. The summed E-state index contributed by atoms with van der Waals surface area (Å²) in [7, 11) is 0. The zero-order valence-electron chi connectivity index (χ0n) is 14.2. The highest BCUT2D eigenvalue weighted by molar-refractivity contribution is 5.80. The first-order valence-electron chi connectivity index (χ1n) is 8.84. The van der Waals surface area contributed by atoms with Gasteiger partial charge in [0.1, 0.15) is 0 Å². The van der Waals surface area contributed by atoms with Crippen LogP contribution in [0.2, 0.25) is 0 Å². The van der Waals surface area contributed by atoms with E-state index in [0.29, 0.717) is 32.0 Å². The number of likely N-dealkylation sites (tertiary alicyclic amines) is 1. The second-order valence-corrected chi connectivity index (χ2v) is 7.26. The average molecular weight is 330 g/mol. The summed E-state index contributed by atoms with van der Waals surface area (Å²) in [5.74, 6) is -0.239. The lowest BCUT2D eigenvalue weighted by Gasteiger charge is -2.23. The Labute approximate surface area is 143 Å². The fourth-order valence-corrected chi connectivity index (χ4v) is 4.25. The van der Waals surface area contributed by atoms with Gasteiger partial charge in [-0.1, -0.05) is 43.7 Å². The van der Waals surface area contributed by atoms with Crippen LogP contribution in [0.4, 0.5) is 4.79 Å². The van der Waals surface area contributed by atoms with Gasteiger partial charge in [0, 0.05) is 19.6 Å². The van der Waals surface area contributed by atoms with E-state index in [2.05, 4.69) is 24.4 Å². The summed E-state index contributed by atoms with van der Waals surface area (Å²) in [6.45, 7) is 3.69. The Morgan fingerprint density at radius 3 is 2.79 bits per heavy atom. The number of benzene rings is 1. The smallest absolute Gasteiger partial charge is 0.317 e. The third-order valence-corrected chi connectivity index (χ3v) is 5.81. The molecule has 0 radical (unpaired) electrons. The fourth-order valence-electron chi connectivity index (χ4n) is 4.25. The first-order valence-corrected chi connectivity index (χ1v) is 8.84. The number of carbonyl (C=O) groups is 2. The molecule has 0 spiro atoms. The topological polar surface area (TPSA) is 69.6 Å². The molecule has 2 N–H and O–H groups in total. The maximum absolute atomic E-state index is 12.4. The molecule has 5 nitrogen and oxygen atoms in total. The molecule has 24 heavy (non-hydrogen) atoms. The van der Waals surface area contributed by atoms with Gasteiger partial charge in [0.05, 0.1) is 5.41 Å². The van der Waals surface area contributed by atoms with Crippen molar-refractivity contribution in [2.45, 2.75) is 38.5 Å². The minimum absolute atomic E-state index is 0.115. The number of carbonyl (C=O) groups excluding carboxylic acids is 1. The Balaban J connectivity index is 1.49. The maximum atomic E-state index is 12.4. The zero-order chi connectivity index (χ0) is 17.2. The number of urea groups is 1. The van der Waals surface area contributed by atoms with Gasteiger partial charge < -0.3 is 15.3 Å². The Kier molecular flexibility index (Phi) is 4.78. The quantitative estimate of drug-likeness (QED) is 0.871. The molecule has 1 saturated heterocycles. The molecule has 1 aromatic rings. The van der Waals surface area contributed by atoms with E-state index in [-0.39, 0.29) is 11.9 Å². The fraction of sp³-hybridized carbons (Fsp3) is 0.579. The number of carboxylic acid groups (broad SMARTS) is 1. The number of rotatable bonds is 5. The molecule has 2 aliphatic rings. The van der Waals surface area contributed by atoms with E-state index in [0.717, 1.165) is 19.3 Å². The number of amides is 2. The van der Waals surface area contributed by atoms with Crippen molar-refractivity contribution in [1.29, 1.82) is 0 Å². The van der Waals surface area contributed by atoms with Crippen molar-refractivity contribution in [3.8, 4) is 0 Å². The monoisotopic (exact) mass is 330 g/mol. The van der Waals surface area contributed by atoms with Crippen LogP contribution in [0.1, 0.15) is 44.1 Å². The van der Waals surface area contributed by atoms with E-state index in [1.807, 2.05) is 18.2 Å². The van der Waals surface area contributed by atoms with Crippen LogP contribution in [-0.2, 0) is 4.79 Å². The number of aliphatic carboxylic acids is 1. The van der Waals surface area contributed by atoms with E-state index in [4.69, 9.17) is 0 Å². The van der Waals surface area contributed by atoms with Crippen LogP contribution in [0.3, 0.4) is 0 Å². The third-order valence-electron chi connectivity index (χ3n) is 5.81. The Morgan fingerprint density at radius 1 is 1.38 bits per heavy atom. The molecule has 3 atom stereocenters. The first kappa shape index (κ1) is 16.8. The van der Waals surface area contributed by atoms with Crippen LogP contribution in [0.15, 0.2) is 30.3 Å². The van der Waals surface area contributed by atoms with Gasteiger partial charge in [-0.15, -0.1) is 0 Å². The number of carboxylic acids is 1. The molecule has 1 aliphatic heterocycles.